The highest BCUT2D eigenvalue weighted by atomic mass is 19.4. The van der Waals surface area contributed by atoms with Crippen LogP contribution in [0.25, 0.3) is 0 Å². The lowest BCUT2D eigenvalue weighted by atomic mass is 10.1. The van der Waals surface area contributed by atoms with Crippen molar-refractivity contribution in [3.8, 4) is 17.6 Å². The maximum atomic E-state index is 13.3. The standard InChI is InChI=1S/C27H25F3N6O3/c1-39-23-5-4-18(25(38)35-22-12-19(24(31)37)11-20(13-22)27(28,29)30)10-17(23)3-2-16-14-33-26(34-15-16)36-21-6-8-32-9-7-21/h4-5,10-15,21,32H,6-9H2,1H3,(H2,31,37)(H,35,38)(H,33,34,36). The molecule has 39 heavy (non-hydrogen) atoms. The van der Waals surface area contributed by atoms with Crippen molar-refractivity contribution >= 4 is 23.5 Å². The van der Waals surface area contributed by atoms with Gasteiger partial charge < -0.3 is 26.4 Å². The number of amides is 2. The Morgan fingerprint density at radius 3 is 2.41 bits per heavy atom. The molecular formula is C27H25F3N6O3. The molecule has 1 aromatic heterocycles. The number of rotatable bonds is 6. The number of nitrogens with two attached hydrogens (primary N) is 1. The number of alkyl halides is 3. The molecule has 0 unspecified atom stereocenters. The average Bonchev–Trinajstić information content (AvgIpc) is 2.92. The van der Waals surface area contributed by atoms with Gasteiger partial charge in [0.2, 0.25) is 11.9 Å². The van der Waals surface area contributed by atoms with Gasteiger partial charge in [-0.2, -0.15) is 13.2 Å². The molecule has 0 saturated carbocycles. The lowest BCUT2D eigenvalue weighted by Gasteiger charge is -2.23. The third-order valence-corrected chi connectivity index (χ3v) is 5.93. The van der Waals surface area contributed by atoms with E-state index in [2.05, 4.69) is 37.8 Å². The maximum Gasteiger partial charge on any atom is 0.416 e. The number of hydrogen-bond acceptors (Lipinski definition) is 7. The summed E-state index contributed by atoms with van der Waals surface area (Å²) >= 11 is 0. The number of aromatic nitrogens is 2. The van der Waals surface area contributed by atoms with Crippen molar-refractivity contribution in [2.24, 2.45) is 5.73 Å². The summed E-state index contributed by atoms with van der Waals surface area (Å²) < 4.78 is 45.1. The van der Waals surface area contributed by atoms with E-state index in [1.54, 1.807) is 12.4 Å². The van der Waals surface area contributed by atoms with Crippen molar-refractivity contribution in [2.75, 3.05) is 30.8 Å². The number of nitrogens with zero attached hydrogens (tertiary/aromatic N) is 2. The molecule has 2 amide bonds. The first-order chi connectivity index (χ1) is 18.6. The second-order valence-corrected chi connectivity index (χ2v) is 8.74. The highest BCUT2D eigenvalue weighted by Gasteiger charge is 2.32. The molecule has 4 rings (SSSR count). The summed E-state index contributed by atoms with van der Waals surface area (Å²) in [4.78, 5) is 33.0. The molecule has 2 aromatic carbocycles. The van der Waals surface area contributed by atoms with Crippen molar-refractivity contribution < 1.29 is 27.5 Å². The van der Waals surface area contributed by atoms with Crippen molar-refractivity contribution in [1.29, 1.82) is 0 Å². The number of carbonyl (C=O) groups is 2. The van der Waals surface area contributed by atoms with Crippen molar-refractivity contribution in [1.82, 2.24) is 15.3 Å². The normalized spacial score (nSPS) is 13.6. The monoisotopic (exact) mass is 538 g/mol. The molecule has 0 radical (unpaired) electrons. The van der Waals surface area contributed by atoms with Gasteiger partial charge in [-0.15, -0.1) is 0 Å². The Morgan fingerprint density at radius 2 is 1.77 bits per heavy atom. The van der Waals surface area contributed by atoms with Gasteiger partial charge in [-0.05, 0) is 62.3 Å². The van der Waals surface area contributed by atoms with Crippen molar-refractivity contribution in [3.05, 3.63) is 76.6 Å². The van der Waals surface area contributed by atoms with Gasteiger partial charge in [0.15, 0.2) is 0 Å². The molecule has 0 bridgehead atoms. The van der Waals surface area contributed by atoms with E-state index >= 15 is 0 Å². The van der Waals surface area contributed by atoms with Crippen LogP contribution in [0.1, 0.15) is 50.2 Å². The smallest absolute Gasteiger partial charge is 0.416 e. The highest BCUT2D eigenvalue weighted by molar-refractivity contribution is 6.05. The van der Waals surface area contributed by atoms with E-state index in [9.17, 15) is 22.8 Å². The third kappa shape index (κ3) is 7.24. The largest absolute Gasteiger partial charge is 0.495 e. The summed E-state index contributed by atoms with van der Waals surface area (Å²) in [5.74, 6) is 4.97. The quantitative estimate of drug-likeness (QED) is 0.354. The number of anilines is 2. The lowest BCUT2D eigenvalue weighted by molar-refractivity contribution is -0.137. The van der Waals surface area contributed by atoms with Crippen molar-refractivity contribution in [3.63, 3.8) is 0 Å². The molecule has 1 aliphatic heterocycles. The zero-order valence-electron chi connectivity index (χ0n) is 20.9. The predicted octanol–water partition coefficient (Wildman–Crippen LogP) is 3.42. The van der Waals surface area contributed by atoms with Crippen LogP contribution in [-0.2, 0) is 6.18 Å². The van der Waals surface area contributed by atoms with Crippen LogP contribution in [0.5, 0.6) is 5.75 Å². The Labute approximate surface area is 222 Å². The van der Waals surface area contributed by atoms with Gasteiger partial charge in [0.05, 0.1) is 23.8 Å². The van der Waals surface area contributed by atoms with E-state index in [4.69, 9.17) is 10.5 Å². The van der Waals surface area contributed by atoms with E-state index in [0.29, 0.717) is 34.9 Å². The van der Waals surface area contributed by atoms with E-state index in [0.717, 1.165) is 38.1 Å². The van der Waals surface area contributed by atoms with Crippen LogP contribution in [0, 0.1) is 11.8 Å². The van der Waals surface area contributed by atoms with Crippen LogP contribution >= 0.6 is 0 Å². The Morgan fingerprint density at radius 1 is 1.05 bits per heavy atom. The molecule has 2 heterocycles. The van der Waals surface area contributed by atoms with Crippen LogP contribution in [0.15, 0.2) is 48.8 Å². The number of carbonyl (C=O) groups excluding carboxylic acids is 2. The minimum Gasteiger partial charge on any atom is -0.495 e. The van der Waals surface area contributed by atoms with Gasteiger partial charge in [-0.3, -0.25) is 9.59 Å². The zero-order chi connectivity index (χ0) is 28.0. The SMILES string of the molecule is COc1ccc(C(=O)Nc2cc(C(N)=O)cc(C(F)(F)F)c2)cc1C#Cc1cnc(NC2CCNCC2)nc1. The molecular weight excluding hydrogens is 513 g/mol. The summed E-state index contributed by atoms with van der Waals surface area (Å²) in [5.41, 5.74) is 4.42. The topological polar surface area (TPSA) is 131 Å². The number of ether oxygens (including phenoxy) is 1. The van der Waals surface area contributed by atoms with Crippen LogP contribution in [0.4, 0.5) is 24.8 Å². The Kier molecular flexibility index (Phi) is 8.31. The van der Waals surface area contributed by atoms with Crippen LogP contribution in [0.2, 0.25) is 0 Å². The minimum atomic E-state index is -4.74. The summed E-state index contributed by atoms with van der Waals surface area (Å²) in [6.45, 7) is 1.88. The van der Waals surface area contributed by atoms with E-state index in [1.165, 1.54) is 25.3 Å². The number of methoxy groups -OCH3 is 1. The Hall–Kier alpha value is -4.63. The maximum absolute atomic E-state index is 13.3. The molecule has 0 atom stereocenters. The first-order valence-corrected chi connectivity index (χ1v) is 11.9. The van der Waals surface area contributed by atoms with Gasteiger partial charge in [0, 0.05) is 35.2 Å². The highest BCUT2D eigenvalue weighted by Crippen LogP contribution is 2.32. The predicted molar refractivity (Wildman–Crippen MR) is 138 cm³/mol. The molecule has 0 aliphatic carbocycles. The first kappa shape index (κ1) is 27.4. The fraction of sp³-hybridized carbons (Fsp3) is 0.259. The third-order valence-electron chi connectivity index (χ3n) is 5.93. The Balaban J connectivity index is 1.52. The summed E-state index contributed by atoms with van der Waals surface area (Å²) in [7, 11) is 1.44. The second kappa shape index (κ2) is 11.8. The van der Waals surface area contributed by atoms with Gasteiger partial charge in [0.1, 0.15) is 5.75 Å². The summed E-state index contributed by atoms with van der Waals surface area (Å²) in [5, 5.41) is 8.97. The molecule has 3 aromatic rings. The summed E-state index contributed by atoms with van der Waals surface area (Å²) in [6, 6.07) is 7.12. The van der Waals surface area contributed by atoms with Crippen LogP contribution in [0.3, 0.4) is 0 Å². The van der Waals surface area contributed by atoms with Gasteiger partial charge in [-0.25, -0.2) is 9.97 Å². The Bertz CT molecular complexity index is 1430. The zero-order valence-corrected chi connectivity index (χ0v) is 20.9. The number of piperidine rings is 1. The van der Waals surface area contributed by atoms with Gasteiger partial charge in [-0.1, -0.05) is 11.8 Å². The fourth-order valence-electron chi connectivity index (χ4n) is 3.91. The summed E-state index contributed by atoms with van der Waals surface area (Å²) in [6.07, 6.45) is 0.384. The number of halogens is 3. The van der Waals surface area contributed by atoms with Crippen LogP contribution in [-0.4, -0.2) is 48.0 Å². The molecule has 1 aliphatic rings. The first-order valence-electron chi connectivity index (χ1n) is 11.9. The number of primary amides is 1. The molecule has 1 saturated heterocycles. The number of nitrogens with one attached hydrogen (secondary N) is 3. The molecule has 1 fully saturated rings. The van der Waals surface area contributed by atoms with Gasteiger partial charge in [0.25, 0.3) is 5.91 Å². The van der Waals surface area contributed by atoms with Crippen LogP contribution < -0.4 is 26.4 Å². The molecule has 202 valence electrons. The molecule has 9 nitrogen and oxygen atoms in total. The van der Waals surface area contributed by atoms with Crippen molar-refractivity contribution in [2.45, 2.75) is 25.1 Å². The number of benzene rings is 2. The van der Waals surface area contributed by atoms with Gasteiger partial charge >= 0.3 is 6.18 Å². The lowest BCUT2D eigenvalue weighted by Crippen LogP contribution is -2.35. The van der Waals surface area contributed by atoms with E-state index in [1.807, 2.05) is 0 Å². The average molecular weight is 539 g/mol. The van der Waals surface area contributed by atoms with E-state index < -0.39 is 23.6 Å². The van der Waals surface area contributed by atoms with E-state index in [-0.39, 0.29) is 16.8 Å². The molecule has 5 N–H and O–H groups in total. The second-order valence-electron chi connectivity index (χ2n) is 8.74. The molecule has 0 spiro atoms. The molecule has 12 heteroatoms. The number of hydrogen-bond donors (Lipinski definition) is 4. The minimum absolute atomic E-state index is 0.107. The fourth-order valence-corrected chi connectivity index (χ4v) is 3.91.